The quantitative estimate of drug-likeness (QED) is 0.870. The van der Waals surface area contributed by atoms with Gasteiger partial charge in [-0.1, -0.05) is 29.8 Å². The lowest BCUT2D eigenvalue weighted by Gasteiger charge is -2.19. The summed E-state index contributed by atoms with van der Waals surface area (Å²) in [7, 11) is 1.29. The number of hydrogen-bond donors (Lipinski definition) is 1. The minimum atomic E-state index is -0.878. The second-order valence-corrected chi connectivity index (χ2v) is 4.99. The minimum Gasteiger partial charge on any atom is -0.467 e. The van der Waals surface area contributed by atoms with Crippen molar-refractivity contribution in [3.05, 3.63) is 65.0 Å². The maximum Gasteiger partial charge on any atom is 0.333 e. The average molecular weight is 287 g/mol. The van der Waals surface area contributed by atoms with Crippen molar-refractivity contribution in [3.63, 3.8) is 0 Å². The summed E-state index contributed by atoms with van der Waals surface area (Å²) < 4.78 is 18.8. The minimum absolute atomic E-state index is 0.281. The fourth-order valence-electron chi connectivity index (χ4n) is 2.17. The molecule has 0 radical (unpaired) electrons. The Morgan fingerprint density at radius 2 is 1.86 bits per heavy atom. The second-order valence-electron chi connectivity index (χ2n) is 4.99. The SMILES string of the molecule is COC(=O)C(Nc1cccc(C)c1)c1cc(C)ccc1F. The first kappa shape index (κ1) is 15.0. The van der Waals surface area contributed by atoms with Crippen LogP contribution in [0, 0.1) is 19.7 Å². The fourth-order valence-corrected chi connectivity index (χ4v) is 2.17. The van der Waals surface area contributed by atoms with Gasteiger partial charge in [0.15, 0.2) is 6.04 Å². The first-order chi connectivity index (χ1) is 10.0. The maximum atomic E-state index is 14.1. The average Bonchev–Trinajstić information content (AvgIpc) is 2.47. The first-order valence-corrected chi connectivity index (χ1v) is 6.68. The van der Waals surface area contributed by atoms with Crippen molar-refractivity contribution in [3.8, 4) is 0 Å². The van der Waals surface area contributed by atoms with Gasteiger partial charge in [-0.05, 0) is 37.6 Å². The zero-order valence-electron chi connectivity index (χ0n) is 12.3. The molecule has 3 nitrogen and oxygen atoms in total. The Balaban J connectivity index is 2.39. The van der Waals surface area contributed by atoms with E-state index >= 15 is 0 Å². The van der Waals surface area contributed by atoms with Crippen LogP contribution in [0.5, 0.6) is 0 Å². The van der Waals surface area contributed by atoms with Crippen molar-refractivity contribution in [2.75, 3.05) is 12.4 Å². The van der Waals surface area contributed by atoms with Gasteiger partial charge in [0.25, 0.3) is 0 Å². The third kappa shape index (κ3) is 3.60. The Kier molecular flexibility index (Phi) is 4.58. The normalized spacial score (nSPS) is 11.8. The molecule has 21 heavy (non-hydrogen) atoms. The summed E-state index contributed by atoms with van der Waals surface area (Å²) in [5.74, 6) is -0.961. The van der Waals surface area contributed by atoms with Crippen LogP contribution < -0.4 is 5.32 Å². The Bertz CT molecular complexity index is 655. The van der Waals surface area contributed by atoms with E-state index < -0.39 is 17.8 Å². The molecule has 0 heterocycles. The number of halogens is 1. The Labute approximate surface area is 123 Å². The van der Waals surface area contributed by atoms with Gasteiger partial charge in [-0.2, -0.15) is 0 Å². The van der Waals surface area contributed by atoms with E-state index in [1.165, 1.54) is 13.2 Å². The number of carbonyl (C=O) groups is 1. The highest BCUT2D eigenvalue weighted by Crippen LogP contribution is 2.24. The van der Waals surface area contributed by atoms with Crippen LogP contribution in [0.4, 0.5) is 10.1 Å². The van der Waals surface area contributed by atoms with Crippen molar-refractivity contribution in [2.45, 2.75) is 19.9 Å². The molecule has 0 amide bonds. The van der Waals surface area contributed by atoms with E-state index in [1.54, 1.807) is 12.1 Å². The van der Waals surface area contributed by atoms with Gasteiger partial charge >= 0.3 is 5.97 Å². The number of nitrogens with one attached hydrogen (secondary N) is 1. The zero-order valence-corrected chi connectivity index (χ0v) is 12.3. The molecule has 0 aliphatic heterocycles. The number of aryl methyl sites for hydroxylation is 2. The molecule has 0 aliphatic carbocycles. The number of esters is 1. The molecule has 1 N–H and O–H groups in total. The molecule has 0 saturated heterocycles. The summed E-state index contributed by atoms with van der Waals surface area (Å²) in [5.41, 5.74) is 2.95. The van der Waals surface area contributed by atoms with E-state index in [1.807, 2.05) is 38.1 Å². The van der Waals surface area contributed by atoms with Crippen LogP contribution in [-0.2, 0) is 9.53 Å². The predicted octanol–water partition coefficient (Wildman–Crippen LogP) is 3.77. The highest BCUT2D eigenvalue weighted by atomic mass is 19.1. The molecule has 2 aromatic carbocycles. The van der Waals surface area contributed by atoms with Crippen LogP contribution >= 0.6 is 0 Å². The number of anilines is 1. The molecule has 0 spiro atoms. The fraction of sp³-hybridized carbons (Fsp3) is 0.235. The van der Waals surface area contributed by atoms with E-state index in [4.69, 9.17) is 4.74 Å². The van der Waals surface area contributed by atoms with E-state index in [0.717, 1.165) is 16.8 Å². The van der Waals surface area contributed by atoms with Crippen molar-refractivity contribution in [2.24, 2.45) is 0 Å². The third-order valence-corrected chi connectivity index (χ3v) is 3.23. The van der Waals surface area contributed by atoms with Gasteiger partial charge in [0, 0.05) is 11.3 Å². The van der Waals surface area contributed by atoms with E-state index in [9.17, 15) is 9.18 Å². The predicted molar refractivity (Wildman–Crippen MR) is 80.7 cm³/mol. The summed E-state index contributed by atoms with van der Waals surface area (Å²) in [6.07, 6.45) is 0. The Morgan fingerprint density at radius 1 is 1.14 bits per heavy atom. The Morgan fingerprint density at radius 3 is 2.52 bits per heavy atom. The summed E-state index contributed by atoms with van der Waals surface area (Å²) in [6, 6.07) is 11.3. The van der Waals surface area contributed by atoms with E-state index in [0.29, 0.717) is 0 Å². The van der Waals surface area contributed by atoms with Gasteiger partial charge in [0.1, 0.15) is 5.82 Å². The largest absolute Gasteiger partial charge is 0.467 e. The topological polar surface area (TPSA) is 38.3 Å². The van der Waals surface area contributed by atoms with Gasteiger partial charge in [-0.15, -0.1) is 0 Å². The molecule has 0 saturated carbocycles. The molecule has 0 aliphatic rings. The number of rotatable bonds is 4. The van der Waals surface area contributed by atoms with Gasteiger partial charge in [-0.3, -0.25) is 0 Å². The van der Waals surface area contributed by atoms with Crippen LogP contribution in [0.3, 0.4) is 0 Å². The van der Waals surface area contributed by atoms with E-state index in [2.05, 4.69) is 5.32 Å². The number of carbonyl (C=O) groups excluding carboxylic acids is 1. The van der Waals surface area contributed by atoms with Crippen molar-refractivity contribution in [1.82, 2.24) is 0 Å². The number of hydrogen-bond acceptors (Lipinski definition) is 3. The molecule has 0 aromatic heterocycles. The zero-order chi connectivity index (χ0) is 15.4. The van der Waals surface area contributed by atoms with Crippen LogP contribution in [0.1, 0.15) is 22.7 Å². The maximum absolute atomic E-state index is 14.1. The van der Waals surface area contributed by atoms with Crippen molar-refractivity contribution < 1.29 is 13.9 Å². The van der Waals surface area contributed by atoms with Crippen LogP contribution in [0.25, 0.3) is 0 Å². The third-order valence-electron chi connectivity index (χ3n) is 3.23. The highest BCUT2D eigenvalue weighted by molar-refractivity contribution is 5.81. The van der Waals surface area contributed by atoms with Crippen molar-refractivity contribution >= 4 is 11.7 Å². The molecule has 2 aromatic rings. The van der Waals surface area contributed by atoms with Crippen LogP contribution in [-0.4, -0.2) is 13.1 Å². The number of methoxy groups -OCH3 is 1. The van der Waals surface area contributed by atoms with Gasteiger partial charge in [-0.25, -0.2) is 9.18 Å². The summed E-state index contributed by atoms with van der Waals surface area (Å²) >= 11 is 0. The van der Waals surface area contributed by atoms with E-state index in [-0.39, 0.29) is 5.56 Å². The number of benzene rings is 2. The molecule has 4 heteroatoms. The van der Waals surface area contributed by atoms with Crippen molar-refractivity contribution in [1.29, 1.82) is 0 Å². The number of ether oxygens (including phenoxy) is 1. The molecule has 2 rings (SSSR count). The standard InChI is InChI=1S/C17H18FNO2/c1-11-5-4-6-13(9-11)19-16(17(20)21-3)14-10-12(2)7-8-15(14)18/h4-10,16,19H,1-3H3. The molecular formula is C17H18FNO2. The summed E-state index contributed by atoms with van der Waals surface area (Å²) in [4.78, 5) is 12.0. The molecule has 110 valence electrons. The summed E-state index contributed by atoms with van der Waals surface area (Å²) in [6.45, 7) is 3.80. The molecular weight excluding hydrogens is 269 g/mol. The molecule has 0 bridgehead atoms. The highest BCUT2D eigenvalue weighted by Gasteiger charge is 2.24. The molecule has 1 atom stereocenters. The lowest BCUT2D eigenvalue weighted by Crippen LogP contribution is -2.23. The monoisotopic (exact) mass is 287 g/mol. The molecule has 1 unspecified atom stereocenters. The van der Waals surface area contributed by atoms with Crippen LogP contribution in [0.15, 0.2) is 42.5 Å². The lowest BCUT2D eigenvalue weighted by molar-refractivity contribution is -0.141. The Hall–Kier alpha value is -2.36. The van der Waals surface area contributed by atoms with Gasteiger partial charge < -0.3 is 10.1 Å². The first-order valence-electron chi connectivity index (χ1n) is 6.68. The van der Waals surface area contributed by atoms with Gasteiger partial charge in [0.2, 0.25) is 0 Å². The van der Waals surface area contributed by atoms with Crippen LogP contribution in [0.2, 0.25) is 0 Å². The smallest absolute Gasteiger partial charge is 0.333 e. The molecule has 0 fully saturated rings. The summed E-state index contributed by atoms with van der Waals surface area (Å²) in [5, 5.41) is 3.04. The van der Waals surface area contributed by atoms with Gasteiger partial charge in [0.05, 0.1) is 7.11 Å². The second kappa shape index (κ2) is 6.39. The lowest BCUT2D eigenvalue weighted by atomic mass is 10.0.